The lowest BCUT2D eigenvalue weighted by molar-refractivity contribution is -0.127. The maximum atomic E-state index is 13.5. The summed E-state index contributed by atoms with van der Waals surface area (Å²) in [6, 6.07) is 23.8. The maximum absolute atomic E-state index is 13.5. The zero-order valence-electron chi connectivity index (χ0n) is 22.0. The van der Waals surface area contributed by atoms with E-state index >= 15 is 0 Å². The molecule has 38 heavy (non-hydrogen) atoms. The minimum atomic E-state index is -0.631. The van der Waals surface area contributed by atoms with Crippen molar-refractivity contribution in [2.45, 2.75) is 44.8 Å². The SMILES string of the molecule is Cc1ccccc1CN(CCc1ccccc1)C1CCN(C(=O)c2ccc(F)cc2)[C@@H](C(=O)NCCN)C1. The fourth-order valence-corrected chi connectivity index (χ4v) is 5.16. The first kappa shape index (κ1) is 27.5. The van der Waals surface area contributed by atoms with Crippen molar-refractivity contribution >= 4 is 11.8 Å². The van der Waals surface area contributed by atoms with E-state index in [1.165, 1.54) is 41.0 Å². The third-order valence-corrected chi connectivity index (χ3v) is 7.35. The third-order valence-electron chi connectivity index (χ3n) is 7.35. The number of amides is 2. The molecule has 1 fully saturated rings. The van der Waals surface area contributed by atoms with Crippen LogP contribution in [0.2, 0.25) is 0 Å². The Labute approximate surface area is 224 Å². The number of aryl methyl sites for hydroxylation is 1. The van der Waals surface area contributed by atoms with Crippen molar-refractivity contribution in [1.29, 1.82) is 0 Å². The molecular weight excluding hydrogens is 479 g/mol. The second-order valence-corrected chi connectivity index (χ2v) is 9.91. The molecule has 0 bridgehead atoms. The minimum absolute atomic E-state index is 0.115. The van der Waals surface area contributed by atoms with Crippen molar-refractivity contribution < 1.29 is 14.0 Å². The Morgan fingerprint density at radius 2 is 1.74 bits per heavy atom. The molecule has 2 atom stereocenters. The number of nitrogens with one attached hydrogen (secondary N) is 1. The highest BCUT2D eigenvalue weighted by molar-refractivity contribution is 5.97. The second kappa shape index (κ2) is 13.3. The summed E-state index contributed by atoms with van der Waals surface area (Å²) >= 11 is 0. The van der Waals surface area contributed by atoms with Crippen LogP contribution < -0.4 is 11.1 Å². The Bertz CT molecular complexity index is 1200. The Hall–Kier alpha value is -3.55. The molecule has 1 unspecified atom stereocenters. The molecule has 0 aliphatic carbocycles. The van der Waals surface area contributed by atoms with Crippen molar-refractivity contribution in [3.63, 3.8) is 0 Å². The quantitative estimate of drug-likeness (QED) is 0.428. The first-order valence-electron chi connectivity index (χ1n) is 13.3. The van der Waals surface area contributed by atoms with Gasteiger partial charge in [-0.3, -0.25) is 14.5 Å². The highest BCUT2D eigenvalue weighted by Gasteiger charge is 2.38. The number of nitrogens with zero attached hydrogens (tertiary/aromatic N) is 2. The van der Waals surface area contributed by atoms with Crippen LogP contribution >= 0.6 is 0 Å². The first-order valence-corrected chi connectivity index (χ1v) is 13.3. The van der Waals surface area contributed by atoms with Gasteiger partial charge in [0.05, 0.1) is 0 Å². The second-order valence-electron chi connectivity index (χ2n) is 9.91. The molecule has 3 aromatic carbocycles. The van der Waals surface area contributed by atoms with Crippen molar-refractivity contribution in [2.75, 3.05) is 26.2 Å². The van der Waals surface area contributed by atoms with Crippen LogP contribution in [0.25, 0.3) is 0 Å². The molecule has 7 heteroatoms. The highest BCUT2D eigenvalue weighted by atomic mass is 19.1. The van der Waals surface area contributed by atoms with Gasteiger partial charge in [0.25, 0.3) is 5.91 Å². The van der Waals surface area contributed by atoms with Crippen molar-refractivity contribution in [3.05, 3.63) is 107 Å². The Kier molecular flexibility index (Phi) is 9.62. The van der Waals surface area contributed by atoms with E-state index in [4.69, 9.17) is 5.73 Å². The fourth-order valence-electron chi connectivity index (χ4n) is 5.16. The smallest absolute Gasteiger partial charge is 0.254 e. The largest absolute Gasteiger partial charge is 0.353 e. The number of piperidine rings is 1. The molecule has 0 aromatic heterocycles. The van der Waals surface area contributed by atoms with Crippen LogP contribution in [0.1, 0.15) is 39.9 Å². The number of benzene rings is 3. The van der Waals surface area contributed by atoms with E-state index < -0.39 is 11.9 Å². The van der Waals surface area contributed by atoms with Crippen LogP contribution in [0.4, 0.5) is 4.39 Å². The molecule has 6 nitrogen and oxygen atoms in total. The molecule has 0 radical (unpaired) electrons. The summed E-state index contributed by atoms with van der Waals surface area (Å²) in [7, 11) is 0. The molecule has 1 aliphatic rings. The lowest BCUT2D eigenvalue weighted by Gasteiger charge is -2.43. The van der Waals surface area contributed by atoms with Gasteiger partial charge in [-0.1, -0.05) is 54.6 Å². The van der Waals surface area contributed by atoms with E-state index in [0.29, 0.717) is 31.6 Å². The van der Waals surface area contributed by atoms with Gasteiger partial charge in [0.15, 0.2) is 0 Å². The lowest BCUT2D eigenvalue weighted by atomic mass is 9.93. The van der Waals surface area contributed by atoms with Crippen LogP contribution in [0.15, 0.2) is 78.9 Å². The molecule has 3 aromatic rings. The normalized spacial score (nSPS) is 17.4. The molecule has 4 rings (SSSR count). The molecule has 0 saturated carbocycles. The standard InChI is InChI=1S/C31H37FN4O2/c1-23-7-5-6-10-26(23)22-35(19-15-24-8-3-2-4-9-24)28-16-20-36(29(21-28)30(37)34-18-17-33)31(38)25-11-13-27(32)14-12-25/h2-14,28-29H,15-22,33H2,1H3,(H,34,37)/t28?,29-/m1/s1. The average Bonchev–Trinajstić information content (AvgIpc) is 2.95. The molecule has 200 valence electrons. The van der Waals surface area contributed by atoms with Gasteiger partial charge < -0.3 is 16.0 Å². The van der Waals surface area contributed by atoms with E-state index in [2.05, 4.69) is 59.6 Å². The molecular formula is C31H37FN4O2. The zero-order valence-corrected chi connectivity index (χ0v) is 22.0. The summed E-state index contributed by atoms with van der Waals surface area (Å²) in [5, 5.41) is 2.89. The summed E-state index contributed by atoms with van der Waals surface area (Å²) < 4.78 is 13.5. The Morgan fingerprint density at radius 3 is 2.45 bits per heavy atom. The van der Waals surface area contributed by atoms with Crippen LogP contribution in [-0.4, -0.2) is 59.9 Å². The van der Waals surface area contributed by atoms with Crippen LogP contribution in [0.5, 0.6) is 0 Å². The van der Waals surface area contributed by atoms with E-state index in [-0.39, 0.29) is 17.9 Å². The molecule has 0 spiro atoms. The van der Waals surface area contributed by atoms with E-state index in [1.807, 2.05) is 12.1 Å². The Balaban J connectivity index is 1.57. The molecule has 3 N–H and O–H groups in total. The van der Waals surface area contributed by atoms with Gasteiger partial charge >= 0.3 is 0 Å². The summed E-state index contributed by atoms with van der Waals surface area (Å²) in [5.74, 6) is -0.858. The Morgan fingerprint density at radius 1 is 1.03 bits per heavy atom. The molecule has 1 saturated heterocycles. The van der Waals surface area contributed by atoms with Gasteiger partial charge in [0.2, 0.25) is 5.91 Å². The van der Waals surface area contributed by atoms with Crippen molar-refractivity contribution in [1.82, 2.24) is 15.1 Å². The summed E-state index contributed by atoms with van der Waals surface area (Å²) in [6.45, 7) is 4.85. The van der Waals surface area contributed by atoms with Gasteiger partial charge in [-0.25, -0.2) is 4.39 Å². The summed E-state index contributed by atoms with van der Waals surface area (Å²) in [6.07, 6.45) is 2.16. The molecule has 1 heterocycles. The number of nitrogens with two attached hydrogens (primary N) is 1. The monoisotopic (exact) mass is 516 g/mol. The fraction of sp³-hybridized carbons (Fsp3) is 0.355. The number of halogens is 1. The number of rotatable bonds is 10. The number of likely N-dealkylation sites (tertiary alicyclic amines) is 1. The van der Waals surface area contributed by atoms with Crippen LogP contribution in [0.3, 0.4) is 0 Å². The number of hydrogen-bond acceptors (Lipinski definition) is 4. The summed E-state index contributed by atoms with van der Waals surface area (Å²) in [5.41, 5.74) is 9.78. The van der Waals surface area contributed by atoms with Gasteiger partial charge in [-0.15, -0.1) is 0 Å². The maximum Gasteiger partial charge on any atom is 0.254 e. The first-order chi connectivity index (χ1) is 18.5. The molecule has 1 aliphatic heterocycles. The topological polar surface area (TPSA) is 78.7 Å². The van der Waals surface area contributed by atoms with E-state index in [1.54, 1.807) is 4.90 Å². The van der Waals surface area contributed by atoms with E-state index in [9.17, 15) is 14.0 Å². The van der Waals surface area contributed by atoms with E-state index in [0.717, 1.165) is 25.9 Å². The average molecular weight is 517 g/mol. The summed E-state index contributed by atoms with van der Waals surface area (Å²) in [4.78, 5) is 30.8. The minimum Gasteiger partial charge on any atom is -0.353 e. The van der Waals surface area contributed by atoms with Gasteiger partial charge in [0.1, 0.15) is 11.9 Å². The van der Waals surface area contributed by atoms with Crippen LogP contribution in [0, 0.1) is 12.7 Å². The third kappa shape index (κ3) is 7.05. The van der Waals surface area contributed by atoms with Crippen LogP contribution in [-0.2, 0) is 17.8 Å². The van der Waals surface area contributed by atoms with Gasteiger partial charge in [-0.05, 0) is 67.1 Å². The zero-order chi connectivity index (χ0) is 26.9. The lowest BCUT2D eigenvalue weighted by Crippen LogP contribution is -2.57. The number of carbonyl (C=O) groups is 2. The number of hydrogen-bond donors (Lipinski definition) is 2. The predicted molar refractivity (Wildman–Crippen MR) is 148 cm³/mol. The number of carbonyl (C=O) groups excluding carboxylic acids is 2. The predicted octanol–water partition coefficient (Wildman–Crippen LogP) is 3.93. The van der Waals surface area contributed by atoms with Gasteiger partial charge in [-0.2, -0.15) is 0 Å². The highest BCUT2D eigenvalue weighted by Crippen LogP contribution is 2.27. The van der Waals surface area contributed by atoms with Crippen molar-refractivity contribution in [2.24, 2.45) is 5.73 Å². The van der Waals surface area contributed by atoms with Crippen molar-refractivity contribution in [3.8, 4) is 0 Å². The van der Waals surface area contributed by atoms with Gasteiger partial charge in [0, 0.05) is 44.3 Å². The molecule has 2 amide bonds.